The van der Waals surface area contributed by atoms with Gasteiger partial charge in [0.05, 0.1) is 24.8 Å². The van der Waals surface area contributed by atoms with E-state index in [4.69, 9.17) is 15.7 Å². The minimum atomic E-state index is 0.517. The van der Waals surface area contributed by atoms with Crippen LogP contribution >= 0.6 is 0 Å². The lowest BCUT2D eigenvalue weighted by Crippen LogP contribution is -1.95. The lowest BCUT2D eigenvalue weighted by molar-refractivity contribution is 0.134. The first kappa shape index (κ1) is 7.14. The smallest absolute Gasteiger partial charge is 0.0995 e. The molecule has 0 radical (unpaired) electrons. The second-order valence-corrected chi connectivity index (χ2v) is 2.76. The average Bonchev–Trinajstić information content (AvgIpc) is 2.54. The molecule has 2 N–H and O–H groups in total. The highest BCUT2D eigenvalue weighted by molar-refractivity contribution is 5.57. The Morgan fingerprint density at radius 2 is 2.08 bits per heavy atom. The summed E-state index contributed by atoms with van der Waals surface area (Å²) < 4.78 is 5.21. The van der Waals surface area contributed by atoms with Crippen molar-refractivity contribution < 1.29 is 4.74 Å². The molecule has 3 nitrogen and oxygen atoms in total. The molecule has 0 saturated heterocycles. The third kappa shape index (κ3) is 0.858. The minimum absolute atomic E-state index is 0.517. The Kier molecular flexibility index (Phi) is 1.49. The van der Waals surface area contributed by atoms with Gasteiger partial charge < -0.3 is 10.5 Å². The van der Waals surface area contributed by atoms with Crippen LogP contribution in [0.3, 0.4) is 0 Å². The molecule has 0 unspecified atom stereocenters. The van der Waals surface area contributed by atoms with Crippen molar-refractivity contribution in [3.63, 3.8) is 0 Å². The van der Waals surface area contributed by atoms with Gasteiger partial charge in [0.1, 0.15) is 0 Å². The maximum Gasteiger partial charge on any atom is 0.0995 e. The maximum absolute atomic E-state index is 8.75. The van der Waals surface area contributed by atoms with Crippen molar-refractivity contribution in [2.24, 2.45) is 0 Å². The van der Waals surface area contributed by atoms with Crippen molar-refractivity contribution >= 4 is 5.69 Å². The molecule has 1 aromatic carbocycles. The molecule has 60 valence electrons. The van der Waals surface area contributed by atoms with E-state index in [1.165, 1.54) is 0 Å². The van der Waals surface area contributed by atoms with Gasteiger partial charge in [0.15, 0.2) is 0 Å². The molecule has 0 atom stereocenters. The largest absolute Gasteiger partial charge is 0.398 e. The van der Waals surface area contributed by atoms with Gasteiger partial charge in [-0.05, 0) is 12.1 Å². The Bertz CT molecular complexity index is 366. The molecule has 0 aromatic heterocycles. The number of benzene rings is 1. The lowest BCUT2D eigenvalue weighted by atomic mass is 10.0. The Balaban J connectivity index is 2.66. The van der Waals surface area contributed by atoms with Crippen LogP contribution in [-0.2, 0) is 18.0 Å². The molecule has 12 heavy (non-hydrogen) atoms. The predicted octanol–water partition coefficient (Wildman–Crippen LogP) is 1.17. The van der Waals surface area contributed by atoms with Crippen LogP contribution in [0.25, 0.3) is 0 Å². The van der Waals surface area contributed by atoms with E-state index in [9.17, 15) is 0 Å². The normalized spacial score (nSPS) is 13.9. The second-order valence-electron chi connectivity index (χ2n) is 2.76. The average molecular weight is 160 g/mol. The first-order valence-electron chi connectivity index (χ1n) is 3.71. The van der Waals surface area contributed by atoms with Crippen LogP contribution in [0, 0.1) is 11.3 Å². The van der Waals surface area contributed by atoms with E-state index in [1.54, 1.807) is 12.1 Å². The van der Waals surface area contributed by atoms with Gasteiger partial charge in [-0.3, -0.25) is 0 Å². The molecule has 1 aliphatic heterocycles. The molecule has 1 aromatic rings. The fourth-order valence-corrected chi connectivity index (χ4v) is 1.41. The summed E-state index contributed by atoms with van der Waals surface area (Å²) in [7, 11) is 0. The number of nitrogen functional groups attached to an aromatic ring is 1. The van der Waals surface area contributed by atoms with E-state index in [1.807, 2.05) is 0 Å². The van der Waals surface area contributed by atoms with Gasteiger partial charge in [-0.25, -0.2) is 0 Å². The monoisotopic (exact) mass is 160 g/mol. The summed E-state index contributed by atoms with van der Waals surface area (Å²) in [6, 6.07) is 5.61. The first-order chi connectivity index (χ1) is 5.83. The highest BCUT2D eigenvalue weighted by Crippen LogP contribution is 2.27. The van der Waals surface area contributed by atoms with E-state index in [0.29, 0.717) is 18.8 Å². The Hall–Kier alpha value is -1.53. The van der Waals surface area contributed by atoms with Crippen LogP contribution in [0.15, 0.2) is 12.1 Å². The lowest BCUT2D eigenvalue weighted by Gasteiger charge is -2.01. The maximum atomic E-state index is 8.75. The molecular weight excluding hydrogens is 152 g/mol. The van der Waals surface area contributed by atoms with Gasteiger partial charge in [0, 0.05) is 16.8 Å². The number of nitrogens with two attached hydrogens (primary N) is 1. The summed E-state index contributed by atoms with van der Waals surface area (Å²) in [6.45, 7) is 1.06. The number of nitriles is 1. The van der Waals surface area contributed by atoms with E-state index >= 15 is 0 Å². The van der Waals surface area contributed by atoms with Crippen LogP contribution < -0.4 is 5.73 Å². The Labute approximate surface area is 70.4 Å². The molecule has 0 spiro atoms. The fraction of sp³-hybridized carbons (Fsp3) is 0.222. The summed E-state index contributed by atoms with van der Waals surface area (Å²) >= 11 is 0. The van der Waals surface area contributed by atoms with Gasteiger partial charge in [-0.2, -0.15) is 5.26 Å². The van der Waals surface area contributed by atoms with Crippen LogP contribution in [0.4, 0.5) is 5.69 Å². The molecule has 1 aliphatic rings. The van der Waals surface area contributed by atoms with Crippen molar-refractivity contribution in [3.8, 4) is 6.07 Å². The van der Waals surface area contributed by atoms with Crippen molar-refractivity contribution in [1.82, 2.24) is 0 Å². The number of ether oxygens (including phenoxy) is 1. The summed E-state index contributed by atoms with van der Waals surface area (Å²) in [5, 5.41) is 8.75. The summed E-state index contributed by atoms with van der Waals surface area (Å²) in [5.74, 6) is 0. The molecule has 0 amide bonds. The highest BCUT2D eigenvalue weighted by atomic mass is 16.5. The molecule has 0 fully saturated rings. The summed E-state index contributed by atoms with van der Waals surface area (Å²) in [5.41, 5.74) is 9.04. The van der Waals surface area contributed by atoms with E-state index < -0.39 is 0 Å². The fourth-order valence-electron chi connectivity index (χ4n) is 1.41. The third-order valence-corrected chi connectivity index (χ3v) is 2.08. The first-order valence-corrected chi connectivity index (χ1v) is 3.71. The second kappa shape index (κ2) is 2.50. The predicted molar refractivity (Wildman–Crippen MR) is 44.1 cm³/mol. The van der Waals surface area contributed by atoms with Crippen LogP contribution in [0.5, 0.6) is 0 Å². The zero-order valence-electron chi connectivity index (χ0n) is 6.50. The van der Waals surface area contributed by atoms with Crippen molar-refractivity contribution in [1.29, 1.82) is 5.26 Å². The zero-order chi connectivity index (χ0) is 8.55. The minimum Gasteiger partial charge on any atom is -0.398 e. The number of fused-ring (bicyclic) bond motifs is 1. The topological polar surface area (TPSA) is 59.0 Å². The number of anilines is 1. The molecule has 0 saturated carbocycles. The van der Waals surface area contributed by atoms with Gasteiger partial charge in [-0.15, -0.1) is 0 Å². The van der Waals surface area contributed by atoms with Crippen molar-refractivity contribution in [2.45, 2.75) is 13.2 Å². The Morgan fingerprint density at radius 1 is 1.33 bits per heavy atom. The van der Waals surface area contributed by atoms with Crippen LogP contribution in [-0.4, -0.2) is 0 Å². The standard InChI is InChI=1S/C9H8N2O/c10-3-6-1-2-9(11)8-5-12-4-7(6)8/h1-2H,4-5,11H2. The number of nitrogens with zero attached hydrogens (tertiary/aromatic N) is 1. The van der Waals surface area contributed by atoms with Gasteiger partial charge in [0.25, 0.3) is 0 Å². The Morgan fingerprint density at radius 3 is 2.83 bits per heavy atom. The number of hydrogen-bond acceptors (Lipinski definition) is 3. The van der Waals surface area contributed by atoms with E-state index in [2.05, 4.69) is 6.07 Å². The van der Waals surface area contributed by atoms with Gasteiger partial charge in [0.2, 0.25) is 0 Å². The van der Waals surface area contributed by atoms with Gasteiger partial charge >= 0.3 is 0 Å². The zero-order valence-corrected chi connectivity index (χ0v) is 6.50. The van der Waals surface area contributed by atoms with Crippen molar-refractivity contribution in [2.75, 3.05) is 5.73 Å². The van der Waals surface area contributed by atoms with Crippen LogP contribution in [0.2, 0.25) is 0 Å². The van der Waals surface area contributed by atoms with Gasteiger partial charge in [-0.1, -0.05) is 0 Å². The highest BCUT2D eigenvalue weighted by Gasteiger charge is 2.17. The summed E-state index contributed by atoms with van der Waals surface area (Å²) in [6.07, 6.45) is 0. The number of rotatable bonds is 0. The van der Waals surface area contributed by atoms with E-state index in [-0.39, 0.29) is 0 Å². The molecule has 0 bridgehead atoms. The summed E-state index contributed by atoms with van der Waals surface area (Å²) in [4.78, 5) is 0. The molecule has 1 heterocycles. The van der Waals surface area contributed by atoms with Crippen molar-refractivity contribution in [3.05, 3.63) is 28.8 Å². The third-order valence-electron chi connectivity index (χ3n) is 2.08. The molecule has 0 aliphatic carbocycles. The molecule has 3 heteroatoms. The SMILES string of the molecule is N#Cc1ccc(N)c2c1COC2. The van der Waals surface area contributed by atoms with E-state index in [0.717, 1.165) is 16.8 Å². The quantitative estimate of drug-likeness (QED) is 0.579. The molecular formula is C9H8N2O. The molecule has 2 rings (SSSR count). The number of hydrogen-bond donors (Lipinski definition) is 1. The van der Waals surface area contributed by atoms with Crippen LogP contribution in [0.1, 0.15) is 16.7 Å².